The Morgan fingerprint density at radius 3 is 2.95 bits per heavy atom. The number of nitrogens with one attached hydrogen (secondary N) is 1. The van der Waals surface area contributed by atoms with E-state index >= 15 is 0 Å². The first-order chi connectivity index (χ1) is 9.65. The Balaban J connectivity index is 1.85. The number of rotatable bonds is 5. The van der Waals surface area contributed by atoms with E-state index in [4.69, 9.17) is 4.74 Å². The zero-order valence-corrected chi connectivity index (χ0v) is 14.4. The van der Waals surface area contributed by atoms with E-state index in [1.165, 1.54) is 12.8 Å². The normalized spacial score (nSPS) is 16.4. The molecule has 1 aliphatic rings. The highest BCUT2D eigenvalue weighted by Gasteiger charge is 2.22. The number of nitrogens with zero attached hydrogens (tertiary/aromatic N) is 1. The van der Waals surface area contributed by atoms with E-state index in [0.29, 0.717) is 6.04 Å². The second-order valence-corrected chi connectivity index (χ2v) is 6.89. The van der Waals surface area contributed by atoms with Gasteiger partial charge < -0.3 is 10.1 Å². The highest BCUT2D eigenvalue weighted by molar-refractivity contribution is 9.11. The van der Waals surface area contributed by atoms with Crippen LogP contribution >= 0.6 is 31.9 Å². The third kappa shape index (κ3) is 3.15. The number of fused-ring (bicyclic) bond motifs is 1. The third-order valence-electron chi connectivity index (χ3n) is 3.34. The van der Waals surface area contributed by atoms with Crippen LogP contribution in [0.2, 0.25) is 0 Å². The zero-order chi connectivity index (χ0) is 14.1. The molecule has 1 saturated carbocycles. The third-order valence-corrected chi connectivity index (χ3v) is 4.59. The van der Waals surface area contributed by atoms with Crippen molar-refractivity contribution in [3.8, 4) is 5.75 Å². The van der Waals surface area contributed by atoms with Crippen molar-refractivity contribution < 1.29 is 4.74 Å². The fourth-order valence-corrected chi connectivity index (χ4v) is 3.49. The van der Waals surface area contributed by atoms with Crippen molar-refractivity contribution in [3.05, 3.63) is 33.3 Å². The highest BCUT2D eigenvalue weighted by atomic mass is 79.9. The molecule has 5 heteroatoms. The molecule has 1 aliphatic carbocycles. The van der Waals surface area contributed by atoms with Gasteiger partial charge in [0.15, 0.2) is 5.75 Å². The van der Waals surface area contributed by atoms with Crippen molar-refractivity contribution in [1.29, 1.82) is 0 Å². The Bertz CT molecular complexity index is 629. The molecule has 3 nitrogen and oxygen atoms in total. The number of pyridine rings is 1. The molecule has 1 aromatic carbocycles. The summed E-state index contributed by atoms with van der Waals surface area (Å²) in [4.78, 5) is 4.46. The maximum absolute atomic E-state index is 6.10. The Kier molecular flexibility index (Phi) is 4.29. The smallest absolute Gasteiger partial charge is 0.160 e. The quantitative estimate of drug-likeness (QED) is 0.814. The maximum atomic E-state index is 6.10. The van der Waals surface area contributed by atoms with E-state index in [2.05, 4.69) is 49.1 Å². The van der Waals surface area contributed by atoms with Crippen molar-refractivity contribution in [1.82, 2.24) is 10.3 Å². The standard InChI is InChI=1S/C15H16Br2N2O/c1-9(8-19-10-4-5-10)20-15-13(17)7-12(16)11-3-2-6-18-14(11)15/h2-3,6-7,9-10,19H,4-5,8H2,1H3. The van der Waals surface area contributed by atoms with Gasteiger partial charge in [-0.05, 0) is 47.8 Å². The topological polar surface area (TPSA) is 34.1 Å². The summed E-state index contributed by atoms with van der Waals surface area (Å²) < 4.78 is 8.04. The van der Waals surface area contributed by atoms with Gasteiger partial charge in [0, 0.05) is 28.6 Å². The molecule has 1 aromatic heterocycles. The summed E-state index contributed by atoms with van der Waals surface area (Å²) in [5, 5.41) is 4.55. The minimum absolute atomic E-state index is 0.110. The van der Waals surface area contributed by atoms with Crippen molar-refractivity contribution in [3.63, 3.8) is 0 Å². The molecule has 106 valence electrons. The van der Waals surface area contributed by atoms with Gasteiger partial charge in [0.05, 0.1) is 4.47 Å². The summed E-state index contributed by atoms with van der Waals surface area (Å²) in [7, 11) is 0. The first-order valence-electron chi connectivity index (χ1n) is 6.78. The molecule has 0 spiro atoms. The van der Waals surface area contributed by atoms with E-state index in [1.807, 2.05) is 18.2 Å². The minimum Gasteiger partial charge on any atom is -0.486 e. The Labute approximate surface area is 135 Å². The molecule has 0 saturated heterocycles. The largest absolute Gasteiger partial charge is 0.486 e. The van der Waals surface area contributed by atoms with E-state index in [0.717, 1.165) is 32.1 Å². The first-order valence-corrected chi connectivity index (χ1v) is 8.36. The van der Waals surface area contributed by atoms with Crippen LogP contribution in [-0.2, 0) is 0 Å². The average molecular weight is 400 g/mol. The molecule has 20 heavy (non-hydrogen) atoms. The van der Waals surface area contributed by atoms with Gasteiger partial charge in [-0.1, -0.05) is 22.0 Å². The van der Waals surface area contributed by atoms with Gasteiger partial charge in [0.25, 0.3) is 0 Å². The second kappa shape index (κ2) is 6.00. The lowest BCUT2D eigenvalue weighted by Crippen LogP contribution is -2.30. The van der Waals surface area contributed by atoms with E-state index < -0.39 is 0 Å². The summed E-state index contributed by atoms with van der Waals surface area (Å²) in [6, 6.07) is 6.69. The monoisotopic (exact) mass is 398 g/mol. The fourth-order valence-electron chi connectivity index (χ4n) is 2.12. The number of hydrogen-bond acceptors (Lipinski definition) is 3. The van der Waals surface area contributed by atoms with Gasteiger partial charge in [0.1, 0.15) is 11.6 Å². The van der Waals surface area contributed by atoms with Crippen molar-refractivity contribution in [2.45, 2.75) is 31.9 Å². The molecule has 2 aromatic rings. The van der Waals surface area contributed by atoms with E-state index in [-0.39, 0.29) is 6.10 Å². The summed E-state index contributed by atoms with van der Waals surface area (Å²) >= 11 is 7.14. The fraction of sp³-hybridized carbons (Fsp3) is 0.400. The summed E-state index contributed by atoms with van der Waals surface area (Å²) in [5.41, 5.74) is 0.882. The number of benzene rings is 1. The highest BCUT2D eigenvalue weighted by Crippen LogP contribution is 2.37. The molecular formula is C15H16Br2N2O. The van der Waals surface area contributed by atoms with Gasteiger partial charge >= 0.3 is 0 Å². The molecule has 0 amide bonds. The second-order valence-electron chi connectivity index (χ2n) is 5.18. The molecule has 0 bridgehead atoms. The molecule has 1 atom stereocenters. The molecule has 0 aliphatic heterocycles. The summed E-state index contributed by atoms with van der Waals surface area (Å²) in [6.45, 7) is 2.94. The molecule has 0 radical (unpaired) electrons. The molecule has 1 heterocycles. The maximum Gasteiger partial charge on any atom is 0.160 e. The Morgan fingerprint density at radius 1 is 1.40 bits per heavy atom. The summed E-state index contributed by atoms with van der Waals surface area (Å²) in [6.07, 6.45) is 4.48. The van der Waals surface area contributed by atoms with Crippen molar-refractivity contribution in [2.75, 3.05) is 6.54 Å². The zero-order valence-electron chi connectivity index (χ0n) is 11.2. The molecule has 3 rings (SSSR count). The first kappa shape index (κ1) is 14.3. The van der Waals surface area contributed by atoms with Crippen molar-refractivity contribution in [2.24, 2.45) is 0 Å². The minimum atomic E-state index is 0.110. The molecule has 1 N–H and O–H groups in total. The Morgan fingerprint density at radius 2 is 2.20 bits per heavy atom. The van der Waals surface area contributed by atoms with Gasteiger partial charge in [-0.15, -0.1) is 0 Å². The lowest BCUT2D eigenvalue weighted by Gasteiger charge is -2.18. The van der Waals surface area contributed by atoms with Gasteiger partial charge in [-0.3, -0.25) is 4.98 Å². The van der Waals surface area contributed by atoms with E-state index in [1.54, 1.807) is 6.20 Å². The number of hydrogen-bond donors (Lipinski definition) is 1. The van der Waals surface area contributed by atoms with Crippen LogP contribution in [0.4, 0.5) is 0 Å². The summed E-state index contributed by atoms with van der Waals surface area (Å²) in [5.74, 6) is 0.814. The van der Waals surface area contributed by atoms with Crippen LogP contribution in [0.25, 0.3) is 10.9 Å². The van der Waals surface area contributed by atoms with Crippen LogP contribution in [0.15, 0.2) is 33.3 Å². The number of halogens is 2. The van der Waals surface area contributed by atoms with Gasteiger partial charge in [0.2, 0.25) is 0 Å². The Hall–Kier alpha value is -0.650. The molecule has 1 fully saturated rings. The molecule has 1 unspecified atom stereocenters. The predicted octanol–water partition coefficient (Wildman–Crippen LogP) is 4.28. The van der Waals surface area contributed by atoms with Crippen LogP contribution in [-0.4, -0.2) is 23.7 Å². The molecular weight excluding hydrogens is 384 g/mol. The van der Waals surface area contributed by atoms with Crippen LogP contribution in [0.5, 0.6) is 5.75 Å². The van der Waals surface area contributed by atoms with Crippen LogP contribution < -0.4 is 10.1 Å². The lowest BCUT2D eigenvalue weighted by atomic mass is 10.2. The lowest BCUT2D eigenvalue weighted by molar-refractivity contribution is 0.217. The van der Waals surface area contributed by atoms with Crippen LogP contribution in [0.3, 0.4) is 0 Å². The number of ether oxygens (including phenoxy) is 1. The predicted molar refractivity (Wildman–Crippen MR) is 88.3 cm³/mol. The van der Waals surface area contributed by atoms with Crippen LogP contribution in [0.1, 0.15) is 19.8 Å². The van der Waals surface area contributed by atoms with Crippen molar-refractivity contribution >= 4 is 42.8 Å². The number of aromatic nitrogens is 1. The SMILES string of the molecule is CC(CNC1CC1)Oc1c(Br)cc(Br)c2cccnc12. The van der Waals surface area contributed by atoms with Gasteiger partial charge in [-0.2, -0.15) is 0 Å². The van der Waals surface area contributed by atoms with E-state index in [9.17, 15) is 0 Å². The average Bonchev–Trinajstić information content (AvgIpc) is 3.25. The van der Waals surface area contributed by atoms with Crippen LogP contribution in [0, 0.1) is 0 Å². The van der Waals surface area contributed by atoms with Gasteiger partial charge in [-0.25, -0.2) is 0 Å².